The van der Waals surface area contributed by atoms with Crippen molar-refractivity contribution in [2.75, 3.05) is 13.2 Å². The van der Waals surface area contributed by atoms with E-state index in [1.807, 2.05) is 6.92 Å². The lowest BCUT2D eigenvalue weighted by Crippen LogP contribution is -2.18. The van der Waals surface area contributed by atoms with Gasteiger partial charge in [-0.1, -0.05) is 21.1 Å². The Hall–Kier alpha value is -1.31. The summed E-state index contributed by atoms with van der Waals surface area (Å²) in [6.07, 6.45) is 0. The molecule has 0 saturated carbocycles. The van der Waals surface area contributed by atoms with Gasteiger partial charge in [-0.15, -0.1) is 0 Å². The van der Waals surface area contributed by atoms with Crippen LogP contribution in [0.25, 0.3) is 11.5 Å². The van der Waals surface area contributed by atoms with E-state index in [4.69, 9.17) is 15.0 Å². The van der Waals surface area contributed by atoms with Gasteiger partial charge in [0.1, 0.15) is 5.82 Å². The molecule has 1 heterocycles. The Morgan fingerprint density at radius 3 is 3.05 bits per heavy atom. The third kappa shape index (κ3) is 3.37. The van der Waals surface area contributed by atoms with E-state index < -0.39 is 11.9 Å². The molecule has 0 bridgehead atoms. The summed E-state index contributed by atoms with van der Waals surface area (Å²) in [6, 6.07) is 3.99. The number of ether oxygens (including phenoxy) is 1. The molecule has 2 rings (SSSR count). The summed E-state index contributed by atoms with van der Waals surface area (Å²) >= 11 is 3.26. The van der Waals surface area contributed by atoms with E-state index in [1.165, 1.54) is 6.07 Å². The lowest BCUT2D eigenvalue weighted by atomic mass is 10.2. The Kier molecular flexibility index (Phi) is 4.62. The Morgan fingerprint density at radius 2 is 2.32 bits per heavy atom. The number of benzene rings is 1. The molecule has 2 aromatic rings. The molecule has 1 atom stereocenters. The molecule has 0 radical (unpaired) electrons. The van der Waals surface area contributed by atoms with Crippen molar-refractivity contribution in [3.05, 3.63) is 34.3 Å². The Bertz CT molecular complexity index is 562. The van der Waals surface area contributed by atoms with Crippen molar-refractivity contribution < 1.29 is 13.7 Å². The van der Waals surface area contributed by atoms with Gasteiger partial charge in [-0.2, -0.15) is 4.98 Å². The second-order valence-electron chi connectivity index (χ2n) is 3.85. The fourth-order valence-electron chi connectivity index (χ4n) is 1.48. The van der Waals surface area contributed by atoms with Gasteiger partial charge in [0.25, 0.3) is 5.89 Å². The van der Waals surface area contributed by atoms with E-state index in [-0.39, 0.29) is 18.1 Å². The third-order valence-electron chi connectivity index (χ3n) is 2.43. The molecule has 2 N–H and O–H groups in total. The molecule has 1 aromatic carbocycles. The summed E-state index contributed by atoms with van der Waals surface area (Å²) in [5.41, 5.74) is 6.06. The molecule has 0 aliphatic carbocycles. The average molecular weight is 330 g/mol. The number of nitrogens with two attached hydrogens (primary N) is 1. The van der Waals surface area contributed by atoms with Crippen molar-refractivity contribution in [3.63, 3.8) is 0 Å². The Labute approximate surface area is 118 Å². The minimum Gasteiger partial charge on any atom is -0.380 e. The SMILES string of the molecule is CCOCC(N)c1noc(-c2cc(Br)ccc2F)n1. The molecular weight excluding hydrogens is 317 g/mol. The van der Waals surface area contributed by atoms with Crippen LogP contribution in [0.5, 0.6) is 0 Å². The van der Waals surface area contributed by atoms with E-state index >= 15 is 0 Å². The first-order chi connectivity index (χ1) is 9.11. The van der Waals surface area contributed by atoms with Gasteiger partial charge in [0.05, 0.1) is 18.2 Å². The van der Waals surface area contributed by atoms with Crippen LogP contribution in [0, 0.1) is 5.82 Å². The van der Waals surface area contributed by atoms with E-state index in [9.17, 15) is 4.39 Å². The quantitative estimate of drug-likeness (QED) is 0.912. The molecule has 0 aliphatic heterocycles. The van der Waals surface area contributed by atoms with Gasteiger partial charge in [0.2, 0.25) is 0 Å². The molecule has 7 heteroatoms. The summed E-state index contributed by atoms with van der Waals surface area (Å²) in [5, 5.41) is 3.74. The minimum atomic E-state index is -0.493. The van der Waals surface area contributed by atoms with Crippen LogP contribution in [0.15, 0.2) is 27.2 Å². The highest BCUT2D eigenvalue weighted by molar-refractivity contribution is 9.10. The zero-order chi connectivity index (χ0) is 13.8. The number of hydrogen-bond donors (Lipinski definition) is 1. The molecule has 1 aromatic heterocycles. The van der Waals surface area contributed by atoms with E-state index in [2.05, 4.69) is 26.1 Å². The molecule has 0 fully saturated rings. The van der Waals surface area contributed by atoms with Gasteiger partial charge in [0.15, 0.2) is 5.82 Å². The summed E-state index contributed by atoms with van der Waals surface area (Å²) in [7, 11) is 0. The maximum Gasteiger partial charge on any atom is 0.260 e. The summed E-state index contributed by atoms with van der Waals surface area (Å²) in [6.45, 7) is 2.71. The second kappa shape index (κ2) is 6.23. The number of aromatic nitrogens is 2. The summed E-state index contributed by atoms with van der Waals surface area (Å²) < 4.78 is 24.6. The number of halogens is 2. The van der Waals surface area contributed by atoms with Crippen LogP contribution in [0.2, 0.25) is 0 Å². The minimum absolute atomic E-state index is 0.0979. The topological polar surface area (TPSA) is 74.2 Å². The van der Waals surface area contributed by atoms with Crippen molar-refractivity contribution in [2.24, 2.45) is 5.73 Å². The van der Waals surface area contributed by atoms with Crippen LogP contribution in [0.3, 0.4) is 0 Å². The van der Waals surface area contributed by atoms with Gasteiger partial charge >= 0.3 is 0 Å². The zero-order valence-corrected chi connectivity index (χ0v) is 11.9. The highest BCUT2D eigenvalue weighted by Gasteiger charge is 2.17. The third-order valence-corrected chi connectivity index (χ3v) is 2.93. The highest BCUT2D eigenvalue weighted by atomic mass is 79.9. The van der Waals surface area contributed by atoms with E-state index in [0.29, 0.717) is 12.4 Å². The average Bonchev–Trinajstić information content (AvgIpc) is 2.88. The fourth-order valence-corrected chi connectivity index (χ4v) is 1.84. The first kappa shape index (κ1) is 14.1. The predicted molar refractivity (Wildman–Crippen MR) is 70.8 cm³/mol. The zero-order valence-electron chi connectivity index (χ0n) is 10.3. The lowest BCUT2D eigenvalue weighted by molar-refractivity contribution is 0.130. The second-order valence-corrected chi connectivity index (χ2v) is 4.76. The van der Waals surface area contributed by atoms with Gasteiger partial charge in [-0.3, -0.25) is 0 Å². The number of rotatable bonds is 5. The van der Waals surface area contributed by atoms with Gasteiger partial charge in [-0.25, -0.2) is 4.39 Å². The van der Waals surface area contributed by atoms with Crippen molar-refractivity contribution >= 4 is 15.9 Å². The molecule has 0 spiro atoms. The molecule has 0 saturated heterocycles. The maximum atomic E-state index is 13.7. The van der Waals surface area contributed by atoms with Crippen molar-refractivity contribution in [2.45, 2.75) is 13.0 Å². The largest absolute Gasteiger partial charge is 0.380 e. The molecule has 5 nitrogen and oxygen atoms in total. The normalized spacial score (nSPS) is 12.6. The van der Waals surface area contributed by atoms with Crippen LogP contribution >= 0.6 is 15.9 Å². The van der Waals surface area contributed by atoms with Crippen molar-refractivity contribution in [1.82, 2.24) is 10.1 Å². The molecular formula is C12H13BrFN3O2. The van der Waals surface area contributed by atoms with Crippen LogP contribution in [-0.4, -0.2) is 23.4 Å². The number of nitrogens with zero attached hydrogens (tertiary/aromatic N) is 2. The molecule has 19 heavy (non-hydrogen) atoms. The van der Waals surface area contributed by atoms with E-state index in [1.54, 1.807) is 12.1 Å². The fraction of sp³-hybridized carbons (Fsp3) is 0.333. The first-order valence-electron chi connectivity index (χ1n) is 5.74. The van der Waals surface area contributed by atoms with Crippen LogP contribution in [-0.2, 0) is 4.74 Å². The van der Waals surface area contributed by atoms with E-state index in [0.717, 1.165) is 4.47 Å². The molecule has 1 unspecified atom stereocenters. The monoisotopic (exact) mass is 329 g/mol. The standard InChI is InChI=1S/C12H13BrFN3O2/c1-2-18-6-10(15)11-16-12(19-17-11)8-5-7(13)3-4-9(8)14/h3-5,10H,2,6,15H2,1H3. The molecule has 0 aliphatic rings. The lowest BCUT2D eigenvalue weighted by Gasteiger charge is -2.05. The van der Waals surface area contributed by atoms with Crippen LogP contribution < -0.4 is 5.73 Å². The smallest absolute Gasteiger partial charge is 0.260 e. The van der Waals surface area contributed by atoms with Crippen LogP contribution in [0.1, 0.15) is 18.8 Å². The summed E-state index contributed by atoms with van der Waals surface area (Å²) in [5.74, 6) is -0.0413. The maximum absolute atomic E-state index is 13.7. The first-order valence-corrected chi connectivity index (χ1v) is 6.53. The van der Waals surface area contributed by atoms with Crippen molar-refractivity contribution in [1.29, 1.82) is 0 Å². The van der Waals surface area contributed by atoms with Crippen molar-refractivity contribution in [3.8, 4) is 11.5 Å². The Morgan fingerprint density at radius 1 is 1.53 bits per heavy atom. The van der Waals surface area contributed by atoms with Gasteiger partial charge in [-0.05, 0) is 25.1 Å². The molecule has 102 valence electrons. The van der Waals surface area contributed by atoms with Gasteiger partial charge < -0.3 is 15.0 Å². The highest BCUT2D eigenvalue weighted by Crippen LogP contribution is 2.25. The molecule has 0 amide bonds. The predicted octanol–water partition coefficient (Wildman–Crippen LogP) is 2.67. The van der Waals surface area contributed by atoms with Gasteiger partial charge in [0, 0.05) is 11.1 Å². The number of hydrogen-bond acceptors (Lipinski definition) is 5. The van der Waals surface area contributed by atoms with Crippen LogP contribution in [0.4, 0.5) is 4.39 Å². The Balaban J connectivity index is 2.23. The summed E-state index contributed by atoms with van der Waals surface area (Å²) in [4.78, 5) is 4.09.